The molecule has 1 N–H and O–H groups in total. The van der Waals surface area contributed by atoms with Crippen molar-refractivity contribution in [1.29, 1.82) is 0 Å². The first-order valence-electron chi connectivity index (χ1n) is 6.51. The van der Waals surface area contributed by atoms with Crippen LogP contribution in [0.25, 0.3) is 0 Å². The van der Waals surface area contributed by atoms with Gasteiger partial charge in [0.25, 0.3) is 0 Å². The summed E-state index contributed by atoms with van der Waals surface area (Å²) in [7, 11) is 0. The quantitative estimate of drug-likeness (QED) is 0.866. The number of aromatic nitrogens is 2. The summed E-state index contributed by atoms with van der Waals surface area (Å²) in [4.78, 5) is 21.6. The third-order valence-electron chi connectivity index (χ3n) is 3.81. The predicted molar refractivity (Wildman–Crippen MR) is 64.6 cm³/mol. The van der Waals surface area contributed by atoms with Crippen molar-refractivity contribution in [3.05, 3.63) is 17.7 Å². The lowest BCUT2D eigenvalue weighted by Gasteiger charge is -2.15. The van der Waals surface area contributed by atoms with Crippen molar-refractivity contribution in [2.75, 3.05) is 13.1 Å². The summed E-state index contributed by atoms with van der Waals surface area (Å²) in [5.74, 6) is 2.49. The molecule has 0 radical (unpaired) electrons. The molecule has 0 spiro atoms. The van der Waals surface area contributed by atoms with Crippen LogP contribution in [0.2, 0.25) is 0 Å². The fraction of sp³-hybridized carbons (Fsp3) is 0.692. The first-order chi connectivity index (χ1) is 8.22. The molecule has 0 bridgehead atoms. The van der Waals surface area contributed by atoms with E-state index < -0.39 is 0 Å². The first-order valence-corrected chi connectivity index (χ1v) is 6.51. The summed E-state index contributed by atoms with van der Waals surface area (Å²) < 4.78 is 0. The van der Waals surface area contributed by atoms with Crippen LogP contribution in [0.15, 0.2) is 6.20 Å². The molecule has 1 aromatic rings. The summed E-state index contributed by atoms with van der Waals surface area (Å²) in [5.41, 5.74) is 1.10. The molecule has 1 saturated heterocycles. The SMILES string of the molecule is Cc1cnc(C2CCN(C(=O)CC3CC3)C2)[nH]1. The minimum atomic E-state index is 0.346. The van der Waals surface area contributed by atoms with Crippen molar-refractivity contribution in [2.45, 2.75) is 38.5 Å². The topological polar surface area (TPSA) is 49.0 Å². The highest BCUT2D eigenvalue weighted by Gasteiger charge is 2.32. The molecule has 92 valence electrons. The Hall–Kier alpha value is -1.32. The molecule has 1 amide bonds. The molecule has 1 aromatic heterocycles. The molecule has 4 heteroatoms. The second-order valence-electron chi connectivity index (χ2n) is 5.42. The number of amides is 1. The van der Waals surface area contributed by atoms with Gasteiger partial charge in [0.05, 0.1) is 0 Å². The van der Waals surface area contributed by atoms with Crippen LogP contribution in [-0.2, 0) is 4.79 Å². The van der Waals surface area contributed by atoms with Crippen LogP contribution < -0.4 is 0 Å². The molecular weight excluding hydrogens is 214 g/mol. The average Bonchev–Trinajstić information content (AvgIpc) is 2.81. The van der Waals surface area contributed by atoms with E-state index in [4.69, 9.17) is 0 Å². The van der Waals surface area contributed by atoms with E-state index in [1.54, 1.807) is 0 Å². The number of imidazole rings is 1. The molecule has 0 aromatic carbocycles. The number of carbonyl (C=O) groups is 1. The molecule has 17 heavy (non-hydrogen) atoms. The highest BCUT2D eigenvalue weighted by molar-refractivity contribution is 5.77. The molecule has 1 atom stereocenters. The van der Waals surface area contributed by atoms with Crippen LogP contribution >= 0.6 is 0 Å². The van der Waals surface area contributed by atoms with Crippen molar-refractivity contribution < 1.29 is 4.79 Å². The lowest BCUT2D eigenvalue weighted by Crippen LogP contribution is -2.28. The number of aromatic amines is 1. The number of nitrogens with one attached hydrogen (secondary N) is 1. The van der Waals surface area contributed by atoms with Crippen molar-refractivity contribution in [1.82, 2.24) is 14.9 Å². The summed E-state index contributed by atoms with van der Waals surface area (Å²) >= 11 is 0. The van der Waals surface area contributed by atoms with E-state index in [1.165, 1.54) is 12.8 Å². The maximum absolute atomic E-state index is 12.0. The predicted octanol–water partition coefficient (Wildman–Crippen LogP) is 1.83. The normalized spacial score (nSPS) is 24.3. The van der Waals surface area contributed by atoms with Gasteiger partial charge in [-0.25, -0.2) is 4.98 Å². The Balaban J connectivity index is 1.59. The van der Waals surface area contributed by atoms with Gasteiger partial charge in [-0.1, -0.05) is 0 Å². The van der Waals surface area contributed by atoms with Gasteiger partial charge in [0, 0.05) is 37.3 Å². The molecule has 1 unspecified atom stereocenters. The van der Waals surface area contributed by atoms with Gasteiger partial charge in [-0.3, -0.25) is 4.79 Å². The molecule has 2 aliphatic rings. The monoisotopic (exact) mass is 233 g/mol. The van der Waals surface area contributed by atoms with Crippen LogP contribution in [0, 0.1) is 12.8 Å². The number of likely N-dealkylation sites (tertiary alicyclic amines) is 1. The molecule has 1 aliphatic carbocycles. The van der Waals surface area contributed by atoms with E-state index in [0.717, 1.165) is 37.4 Å². The average molecular weight is 233 g/mol. The van der Waals surface area contributed by atoms with Gasteiger partial charge in [0.1, 0.15) is 5.82 Å². The van der Waals surface area contributed by atoms with Gasteiger partial charge in [0.2, 0.25) is 5.91 Å². The molecule has 2 fully saturated rings. The van der Waals surface area contributed by atoms with E-state index >= 15 is 0 Å². The number of nitrogens with zero attached hydrogens (tertiary/aromatic N) is 2. The van der Waals surface area contributed by atoms with Gasteiger partial charge in [-0.05, 0) is 32.1 Å². The third kappa shape index (κ3) is 2.35. The van der Waals surface area contributed by atoms with Crippen molar-refractivity contribution in [3.8, 4) is 0 Å². The third-order valence-corrected chi connectivity index (χ3v) is 3.81. The minimum Gasteiger partial charge on any atom is -0.346 e. The van der Waals surface area contributed by atoms with Crippen LogP contribution in [0.5, 0.6) is 0 Å². The highest BCUT2D eigenvalue weighted by Crippen LogP contribution is 2.34. The van der Waals surface area contributed by atoms with Crippen LogP contribution in [-0.4, -0.2) is 33.9 Å². The highest BCUT2D eigenvalue weighted by atomic mass is 16.2. The van der Waals surface area contributed by atoms with Crippen LogP contribution in [0.4, 0.5) is 0 Å². The standard InChI is InChI=1S/C13H19N3O/c1-9-7-14-13(15-9)11-4-5-16(8-11)12(17)6-10-2-3-10/h7,10-11H,2-6,8H2,1H3,(H,14,15). The zero-order valence-electron chi connectivity index (χ0n) is 10.3. The molecule has 4 nitrogen and oxygen atoms in total. The summed E-state index contributed by atoms with van der Waals surface area (Å²) in [6.45, 7) is 3.76. The Labute approximate surface area is 101 Å². The Morgan fingerprint density at radius 2 is 2.35 bits per heavy atom. The second kappa shape index (κ2) is 4.17. The Morgan fingerprint density at radius 3 is 3.00 bits per heavy atom. The number of H-pyrrole nitrogens is 1. The largest absolute Gasteiger partial charge is 0.346 e. The maximum atomic E-state index is 12.0. The maximum Gasteiger partial charge on any atom is 0.222 e. The van der Waals surface area contributed by atoms with Gasteiger partial charge >= 0.3 is 0 Å². The number of aryl methyl sites for hydroxylation is 1. The van der Waals surface area contributed by atoms with Gasteiger partial charge in [-0.15, -0.1) is 0 Å². The van der Waals surface area contributed by atoms with Gasteiger partial charge < -0.3 is 9.88 Å². The second-order valence-corrected chi connectivity index (χ2v) is 5.42. The molecule has 1 saturated carbocycles. The van der Waals surface area contributed by atoms with E-state index in [2.05, 4.69) is 9.97 Å². The summed E-state index contributed by atoms with van der Waals surface area (Å²) in [5, 5.41) is 0. The minimum absolute atomic E-state index is 0.346. The number of hydrogen-bond donors (Lipinski definition) is 1. The van der Waals surface area contributed by atoms with E-state index in [-0.39, 0.29) is 0 Å². The summed E-state index contributed by atoms with van der Waals surface area (Å²) in [6, 6.07) is 0. The summed E-state index contributed by atoms with van der Waals surface area (Å²) in [6.07, 6.45) is 6.18. The Kier molecular flexibility index (Phi) is 2.65. The molecular formula is C13H19N3O. The first kappa shape index (κ1) is 10.8. The number of rotatable bonds is 3. The fourth-order valence-electron chi connectivity index (χ4n) is 2.55. The molecule has 2 heterocycles. The van der Waals surface area contributed by atoms with E-state index in [9.17, 15) is 4.79 Å². The fourth-order valence-corrected chi connectivity index (χ4v) is 2.55. The lowest BCUT2D eigenvalue weighted by atomic mass is 10.1. The zero-order chi connectivity index (χ0) is 11.8. The smallest absolute Gasteiger partial charge is 0.222 e. The van der Waals surface area contributed by atoms with E-state index in [0.29, 0.717) is 17.7 Å². The van der Waals surface area contributed by atoms with Gasteiger partial charge in [0.15, 0.2) is 0 Å². The Bertz CT molecular complexity index is 422. The van der Waals surface area contributed by atoms with Crippen molar-refractivity contribution >= 4 is 5.91 Å². The molecule has 1 aliphatic heterocycles. The van der Waals surface area contributed by atoms with Crippen molar-refractivity contribution in [3.63, 3.8) is 0 Å². The van der Waals surface area contributed by atoms with Crippen LogP contribution in [0.1, 0.15) is 43.1 Å². The van der Waals surface area contributed by atoms with E-state index in [1.807, 2.05) is 18.0 Å². The Morgan fingerprint density at radius 1 is 1.53 bits per heavy atom. The zero-order valence-corrected chi connectivity index (χ0v) is 10.3. The number of carbonyl (C=O) groups excluding carboxylic acids is 1. The van der Waals surface area contributed by atoms with Crippen LogP contribution in [0.3, 0.4) is 0 Å². The molecule has 3 rings (SSSR count). The number of hydrogen-bond acceptors (Lipinski definition) is 2. The lowest BCUT2D eigenvalue weighted by molar-refractivity contribution is -0.130. The van der Waals surface area contributed by atoms with Gasteiger partial charge in [-0.2, -0.15) is 0 Å². The van der Waals surface area contributed by atoms with Crippen molar-refractivity contribution in [2.24, 2.45) is 5.92 Å².